The molecule has 1 N–H and O–H groups in total. The minimum absolute atomic E-state index is 0.122. The molecule has 0 radical (unpaired) electrons. The second kappa shape index (κ2) is 5.37. The van der Waals surface area contributed by atoms with Gasteiger partial charge in [-0.05, 0) is 42.4 Å². The van der Waals surface area contributed by atoms with Crippen LogP contribution in [0.3, 0.4) is 0 Å². The monoisotopic (exact) mass is 242 g/mol. The SMILES string of the molecule is CCc1ccc(CC(O)C2CCSC2)s1. The number of hydrogen-bond donors (Lipinski definition) is 1. The molecule has 1 aromatic rings. The highest BCUT2D eigenvalue weighted by molar-refractivity contribution is 7.99. The summed E-state index contributed by atoms with van der Waals surface area (Å²) in [7, 11) is 0. The van der Waals surface area contributed by atoms with Crippen molar-refractivity contribution in [1.82, 2.24) is 0 Å². The second-order valence-corrected chi connectivity index (χ2v) is 6.52. The molecule has 2 atom stereocenters. The lowest BCUT2D eigenvalue weighted by Gasteiger charge is -2.15. The average molecular weight is 242 g/mol. The zero-order chi connectivity index (χ0) is 10.7. The van der Waals surface area contributed by atoms with E-state index in [1.165, 1.54) is 21.9 Å². The van der Waals surface area contributed by atoms with Crippen LogP contribution in [0, 0.1) is 5.92 Å². The lowest BCUT2D eigenvalue weighted by atomic mass is 9.99. The first kappa shape index (κ1) is 11.5. The van der Waals surface area contributed by atoms with Crippen molar-refractivity contribution in [2.75, 3.05) is 11.5 Å². The maximum absolute atomic E-state index is 10.1. The van der Waals surface area contributed by atoms with Gasteiger partial charge in [0, 0.05) is 16.2 Å². The van der Waals surface area contributed by atoms with Crippen molar-refractivity contribution in [2.45, 2.75) is 32.3 Å². The Morgan fingerprint density at radius 3 is 2.87 bits per heavy atom. The van der Waals surface area contributed by atoms with Gasteiger partial charge >= 0.3 is 0 Å². The third-order valence-corrected chi connectivity index (χ3v) is 5.43. The van der Waals surface area contributed by atoms with Crippen LogP contribution in [0.5, 0.6) is 0 Å². The molecule has 1 aliphatic rings. The van der Waals surface area contributed by atoms with Crippen LogP contribution in [0.1, 0.15) is 23.1 Å². The van der Waals surface area contributed by atoms with Crippen molar-refractivity contribution in [3.63, 3.8) is 0 Å². The molecule has 0 saturated carbocycles. The van der Waals surface area contributed by atoms with Crippen LogP contribution in [0.25, 0.3) is 0 Å². The van der Waals surface area contributed by atoms with Gasteiger partial charge in [-0.25, -0.2) is 0 Å². The van der Waals surface area contributed by atoms with Crippen LogP contribution in [-0.2, 0) is 12.8 Å². The number of thioether (sulfide) groups is 1. The minimum Gasteiger partial charge on any atom is -0.392 e. The molecule has 1 fully saturated rings. The molecule has 2 rings (SSSR count). The van der Waals surface area contributed by atoms with E-state index in [9.17, 15) is 5.11 Å². The van der Waals surface area contributed by atoms with Crippen LogP contribution in [0.2, 0.25) is 0 Å². The number of rotatable bonds is 4. The van der Waals surface area contributed by atoms with E-state index < -0.39 is 0 Å². The van der Waals surface area contributed by atoms with Crippen LogP contribution in [-0.4, -0.2) is 22.7 Å². The fraction of sp³-hybridized carbons (Fsp3) is 0.667. The van der Waals surface area contributed by atoms with Crippen LogP contribution < -0.4 is 0 Å². The Kier molecular flexibility index (Phi) is 4.12. The summed E-state index contributed by atoms with van der Waals surface area (Å²) in [6.07, 6.45) is 3.04. The molecule has 1 aromatic heterocycles. The lowest BCUT2D eigenvalue weighted by molar-refractivity contribution is 0.121. The number of hydrogen-bond acceptors (Lipinski definition) is 3. The van der Waals surface area contributed by atoms with Gasteiger partial charge < -0.3 is 5.11 Å². The molecule has 2 heterocycles. The van der Waals surface area contributed by atoms with Gasteiger partial charge in [-0.2, -0.15) is 11.8 Å². The number of thiophene rings is 1. The zero-order valence-electron chi connectivity index (χ0n) is 9.11. The van der Waals surface area contributed by atoms with Gasteiger partial charge in [-0.3, -0.25) is 0 Å². The van der Waals surface area contributed by atoms with E-state index in [-0.39, 0.29) is 6.10 Å². The van der Waals surface area contributed by atoms with Gasteiger partial charge in [0.05, 0.1) is 6.10 Å². The summed E-state index contributed by atoms with van der Waals surface area (Å²) in [5.74, 6) is 2.90. The standard InChI is InChI=1S/C12H18OS2/c1-2-10-3-4-11(15-10)7-12(13)9-5-6-14-8-9/h3-4,9,12-13H,2,5-8H2,1H3. The summed E-state index contributed by atoms with van der Waals surface area (Å²) in [5.41, 5.74) is 0. The van der Waals surface area contributed by atoms with Crippen LogP contribution in [0.4, 0.5) is 0 Å². The Labute approximate surface area is 99.9 Å². The molecule has 1 saturated heterocycles. The highest BCUT2D eigenvalue weighted by Crippen LogP contribution is 2.29. The quantitative estimate of drug-likeness (QED) is 0.876. The fourth-order valence-electron chi connectivity index (χ4n) is 1.95. The number of aliphatic hydroxyl groups excluding tert-OH is 1. The van der Waals surface area contributed by atoms with E-state index in [1.807, 2.05) is 23.1 Å². The van der Waals surface area contributed by atoms with Crippen molar-refractivity contribution >= 4 is 23.1 Å². The van der Waals surface area contributed by atoms with Gasteiger partial charge in [0.25, 0.3) is 0 Å². The summed E-state index contributed by atoms with van der Waals surface area (Å²) in [4.78, 5) is 2.77. The molecule has 15 heavy (non-hydrogen) atoms. The molecule has 0 spiro atoms. The van der Waals surface area contributed by atoms with E-state index in [0.29, 0.717) is 5.92 Å². The van der Waals surface area contributed by atoms with E-state index in [4.69, 9.17) is 0 Å². The molecule has 0 bridgehead atoms. The van der Waals surface area contributed by atoms with E-state index >= 15 is 0 Å². The van der Waals surface area contributed by atoms with Crippen molar-refractivity contribution < 1.29 is 5.11 Å². The first-order valence-corrected chi connectivity index (χ1v) is 7.60. The maximum Gasteiger partial charge on any atom is 0.0624 e. The van der Waals surface area contributed by atoms with Crippen molar-refractivity contribution in [3.05, 3.63) is 21.9 Å². The van der Waals surface area contributed by atoms with Gasteiger partial charge in [0.2, 0.25) is 0 Å². The summed E-state index contributed by atoms with van der Waals surface area (Å²) >= 11 is 3.83. The summed E-state index contributed by atoms with van der Waals surface area (Å²) in [6.45, 7) is 2.18. The third kappa shape index (κ3) is 2.99. The second-order valence-electron chi connectivity index (χ2n) is 4.12. The Morgan fingerprint density at radius 1 is 1.47 bits per heavy atom. The van der Waals surface area contributed by atoms with Gasteiger partial charge in [-0.1, -0.05) is 6.92 Å². The van der Waals surface area contributed by atoms with E-state index in [2.05, 4.69) is 19.1 Å². The first-order valence-electron chi connectivity index (χ1n) is 5.63. The zero-order valence-corrected chi connectivity index (χ0v) is 10.7. The normalized spacial score (nSPS) is 23.2. The highest BCUT2D eigenvalue weighted by Gasteiger charge is 2.23. The summed E-state index contributed by atoms with van der Waals surface area (Å²) < 4.78 is 0. The van der Waals surface area contributed by atoms with Crippen LogP contribution >= 0.6 is 23.1 Å². The Hall–Kier alpha value is 0.01000. The molecule has 84 valence electrons. The molecule has 1 nitrogen and oxygen atoms in total. The Morgan fingerprint density at radius 2 is 2.27 bits per heavy atom. The molecule has 1 aliphatic heterocycles. The largest absolute Gasteiger partial charge is 0.392 e. The molecule has 2 unspecified atom stereocenters. The maximum atomic E-state index is 10.1. The summed E-state index contributed by atoms with van der Waals surface area (Å²) in [6, 6.07) is 4.37. The highest BCUT2D eigenvalue weighted by atomic mass is 32.2. The van der Waals surface area contributed by atoms with E-state index in [1.54, 1.807) is 0 Å². The predicted octanol–water partition coefficient (Wildman–Crippen LogP) is 2.97. The molecule has 0 amide bonds. The molecule has 0 aliphatic carbocycles. The van der Waals surface area contributed by atoms with Crippen molar-refractivity contribution in [2.24, 2.45) is 5.92 Å². The summed E-state index contributed by atoms with van der Waals surface area (Å²) in [5, 5.41) is 10.1. The number of aryl methyl sites for hydroxylation is 1. The number of aliphatic hydroxyl groups is 1. The van der Waals surface area contributed by atoms with Gasteiger partial charge in [-0.15, -0.1) is 11.3 Å². The van der Waals surface area contributed by atoms with Gasteiger partial charge in [0.15, 0.2) is 0 Å². The predicted molar refractivity (Wildman–Crippen MR) is 68.8 cm³/mol. The molecular weight excluding hydrogens is 224 g/mol. The fourth-order valence-corrected chi connectivity index (χ4v) is 4.29. The van der Waals surface area contributed by atoms with E-state index in [0.717, 1.165) is 18.6 Å². The van der Waals surface area contributed by atoms with Gasteiger partial charge in [0.1, 0.15) is 0 Å². The molecule has 0 aromatic carbocycles. The smallest absolute Gasteiger partial charge is 0.0624 e. The minimum atomic E-state index is -0.122. The topological polar surface area (TPSA) is 20.2 Å². The van der Waals surface area contributed by atoms with Crippen molar-refractivity contribution in [3.8, 4) is 0 Å². The lowest BCUT2D eigenvalue weighted by Crippen LogP contribution is -2.21. The third-order valence-electron chi connectivity index (χ3n) is 2.99. The Bertz CT molecular complexity index is 302. The van der Waals surface area contributed by atoms with Crippen LogP contribution in [0.15, 0.2) is 12.1 Å². The Balaban J connectivity index is 1.89. The molecular formula is C12H18OS2. The average Bonchev–Trinajstić information content (AvgIpc) is 2.87. The first-order chi connectivity index (χ1) is 7.29. The van der Waals surface area contributed by atoms with Crippen molar-refractivity contribution in [1.29, 1.82) is 0 Å². The molecule has 3 heteroatoms.